The quantitative estimate of drug-likeness (QED) is 0.799. The summed E-state index contributed by atoms with van der Waals surface area (Å²) in [5.74, 6) is 0.675. The normalized spacial score (nSPS) is 11.8. The molecular formula is C16H18ClN5O. The number of nitrogens with one attached hydrogen (secondary N) is 1. The van der Waals surface area contributed by atoms with Gasteiger partial charge in [-0.2, -0.15) is 5.10 Å². The van der Waals surface area contributed by atoms with E-state index in [9.17, 15) is 4.79 Å². The van der Waals surface area contributed by atoms with Crippen molar-refractivity contribution in [3.8, 4) is 0 Å². The van der Waals surface area contributed by atoms with E-state index in [0.29, 0.717) is 11.6 Å². The molecule has 0 spiro atoms. The molecule has 0 aliphatic carbocycles. The van der Waals surface area contributed by atoms with Crippen LogP contribution in [0.2, 0.25) is 5.02 Å². The van der Waals surface area contributed by atoms with E-state index in [1.54, 1.807) is 22.8 Å². The van der Waals surface area contributed by atoms with Gasteiger partial charge in [0.1, 0.15) is 11.4 Å². The van der Waals surface area contributed by atoms with E-state index in [1.807, 2.05) is 38.1 Å². The molecule has 23 heavy (non-hydrogen) atoms. The minimum Gasteiger partial charge on any atom is -0.340 e. The van der Waals surface area contributed by atoms with Crippen molar-refractivity contribution in [2.24, 2.45) is 0 Å². The summed E-state index contributed by atoms with van der Waals surface area (Å²) in [6, 6.07) is 7.78. The fourth-order valence-electron chi connectivity index (χ4n) is 2.55. The number of fused-ring (bicyclic) bond motifs is 1. The van der Waals surface area contributed by atoms with Gasteiger partial charge in [-0.3, -0.25) is 9.48 Å². The van der Waals surface area contributed by atoms with Gasteiger partial charge in [0, 0.05) is 13.2 Å². The maximum absolute atomic E-state index is 12.8. The van der Waals surface area contributed by atoms with Crippen molar-refractivity contribution in [1.29, 1.82) is 0 Å². The van der Waals surface area contributed by atoms with E-state index in [0.717, 1.165) is 16.9 Å². The lowest BCUT2D eigenvalue weighted by Crippen LogP contribution is -2.45. The Labute approximate surface area is 139 Å². The molecule has 7 heteroatoms. The van der Waals surface area contributed by atoms with Crippen LogP contribution in [0.3, 0.4) is 0 Å². The highest BCUT2D eigenvalue weighted by Gasteiger charge is 2.33. The Morgan fingerprint density at radius 1 is 1.39 bits per heavy atom. The lowest BCUT2D eigenvalue weighted by Gasteiger charge is -2.29. The predicted octanol–water partition coefficient (Wildman–Crippen LogP) is 2.81. The predicted molar refractivity (Wildman–Crippen MR) is 89.1 cm³/mol. The van der Waals surface area contributed by atoms with E-state index >= 15 is 0 Å². The second kappa shape index (κ2) is 5.70. The number of carbonyl (C=O) groups is 1. The number of aromatic nitrogens is 4. The number of hydrogen-bond acceptors (Lipinski definition) is 3. The number of imidazole rings is 1. The third-order valence-electron chi connectivity index (χ3n) is 3.82. The summed E-state index contributed by atoms with van der Waals surface area (Å²) >= 11 is 5.90. The summed E-state index contributed by atoms with van der Waals surface area (Å²) < 4.78 is 1.58. The van der Waals surface area contributed by atoms with Crippen LogP contribution in [0.4, 0.5) is 0 Å². The van der Waals surface area contributed by atoms with Gasteiger partial charge in [-0.15, -0.1) is 0 Å². The first-order valence-electron chi connectivity index (χ1n) is 7.28. The molecule has 0 unspecified atom stereocenters. The third-order valence-corrected chi connectivity index (χ3v) is 4.01. The van der Waals surface area contributed by atoms with E-state index in [-0.39, 0.29) is 5.91 Å². The molecule has 0 radical (unpaired) electrons. The van der Waals surface area contributed by atoms with Crippen LogP contribution in [-0.2, 0) is 16.9 Å². The van der Waals surface area contributed by atoms with E-state index < -0.39 is 5.54 Å². The van der Waals surface area contributed by atoms with Crippen molar-refractivity contribution in [2.45, 2.75) is 25.9 Å². The number of aromatic amines is 1. The second-order valence-electron chi connectivity index (χ2n) is 6.02. The van der Waals surface area contributed by atoms with Gasteiger partial charge in [0.25, 0.3) is 0 Å². The van der Waals surface area contributed by atoms with Crippen molar-refractivity contribution < 1.29 is 4.79 Å². The lowest BCUT2D eigenvalue weighted by molar-refractivity contribution is -0.139. The van der Waals surface area contributed by atoms with Gasteiger partial charge >= 0.3 is 0 Å². The maximum Gasteiger partial charge on any atom is 0.250 e. The van der Waals surface area contributed by atoms with E-state index in [2.05, 4.69) is 15.1 Å². The summed E-state index contributed by atoms with van der Waals surface area (Å²) in [5.41, 5.74) is 1.02. The minimum atomic E-state index is -0.825. The minimum absolute atomic E-state index is 0.0716. The van der Waals surface area contributed by atoms with Crippen LogP contribution < -0.4 is 0 Å². The van der Waals surface area contributed by atoms with Crippen LogP contribution in [0.25, 0.3) is 11.0 Å². The van der Waals surface area contributed by atoms with Crippen molar-refractivity contribution >= 4 is 28.5 Å². The van der Waals surface area contributed by atoms with Crippen molar-refractivity contribution in [2.75, 3.05) is 7.05 Å². The molecule has 1 N–H and O–H groups in total. The number of hydrogen-bond donors (Lipinski definition) is 1. The summed E-state index contributed by atoms with van der Waals surface area (Å²) in [6.07, 6.45) is 3.17. The Balaban J connectivity index is 1.79. The van der Waals surface area contributed by atoms with Gasteiger partial charge < -0.3 is 9.88 Å². The average molecular weight is 332 g/mol. The van der Waals surface area contributed by atoms with Gasteiger partial charge in [0.2, 0.25) is 5.91 Å². The molecule has 0 bridgehead atoms. The topological polar surface area (TPSA) is 66.8 Å². The van der Waals surface area contributed by atoms with E-state index in [4.69, 9.17) is 11.6 Å². The molecule has 0 fully saturated rings. The molecule has 0 saturated carbocycles. The number of benzene rings is 1. The molecule has 1 aromatic carbocycles. The SMILES string of the molecule is CN(Cc1nc2ccccc2[nH]1)C(=O)C(C)(C)n1cc(Cl)cn1. The second-order valence-corrected chi connectivity index (χ2v) is 6.46. The van der Waals surface area contributed by atoms with Gasteiger partial charge in [-0.25, -0.2) is 4.98 Å². The monoisotopic (exact) mass is 331 g/mol. The van der Waals surface area contributed by atoms with Crippen LogP contribution in [0.15, 0.2) is 36.7 Å². The molecule has 2 heterocycles. The largest absolute Gasteiger partial charge is 0.340 e. The van der Waals surface area contributed by atoms with Crippen LogP contribution >= 0.6 is 11.6 Å². The highest BCUT2D eigenvalue weighted by Crippen LogP contribution is 2.20. The summed E-state index contributed by atoms with van der Waals surface area (Å²) in [6.45, 7) is 4.02. The van der Waals surface area contributed by atoms with Crippen molar-refractivity contribution in [3.63, 3.8) is 0 Å². The fourth-order valence-corrected chi connectivity index (χ4v) is 2.68. The Hall–Kier alpha value is -2.34. The molecule has 0 aliphatic rings. The number of carbonyl (C=O) groups excluding carboxylic acids is 1. The Morgan fingerprint density at radius 3 is 2.78 bits per heavy atom. The third kappa shape index (κ3) is 2.94. The molecule has 3 aromatic rings. The van der Waals surface area contributed by atoms with Crippen molar-refractivity contribution in [1.82, 2.24) is 24.6 Å². The van der Waals surface area contributed by atoms with Gasteiger partial charge in [-0.05, 0) is 26.0 Å². The first kappa shape index (κ1) is 15.6. The number of H-pyrrole nitrogens is 1. The van der Waals surface area contributed by atoms with Gasteiger partial charge in [0.15, 0.2) is 0 Å². The van der Waals surface area contributed by atoms with Crippen LogP contribution in [-0.4, -0.2) is 37.6 Å². The molecular weight excluding hydrogens is 314 g/mol. The number of rotatable bonds is 4. The van der Waals surface area contributed by atoms with Gasteiger partial charge in [-0.1, -0.05) is 23.7 Å². The van der Waals surface area contributed by atoms with Gasteiger partial charge in [0.05, 0.1) is 28.8 Å². The summed E-state index contributed by atoms with van der Waals surface area (Å²) in [7, 11) is 1.75. The number of para-hydroxylation sites is 2. The number of amides is 1. The Morgan fingerprint density at radius 2 is 2.13 bits per heavy atom. The zero-order chi connectivity index (χ0) is 16.6. The van der Waals surface area contributed by atoms with Crippen molar-refractivity contribution in [3.05, 3.63) is 47.5 Å². The lowest BCUT2D eigenvalue weighted by atomic mass is 10.0. The highest BCUT2D eigenvalue weighted by molar-refractivity contribution is 6.30. The average Bonchev–Trinajstić information content (AvgIpc) is 3.12. The van der Waals surface area contributed by atoms with Crippen LogP contribution in [0, 0.1) is 0 Å². The zero-order valence-electron chi connectivity index (χ0n) is 13.2. The molecule has 1 amide bonds. The Kier molecular flexibility index (Phi) is 3.85. The molecule has 3 rings (SSSR count). The molecule has 0 atom stereocenters. The fraction of sp³-hybridized carbons (Fsp3) is 0.312. The number of likely N-dealkylation sites (N-methyl/N-ethyl adjacent to an activating group) is 1. The zero-order valence-corrected chi connectivity index (χ0v) is 14.0. The van der Waals surface area contributed by atoms with Crippen LogP contribution in [0.1, 0.15) is 19.7 Å². The molecule has 0 saturated heterocycles. The molecule has 0 aliphatic heterocycles. The maximum atomic E-state index is 12.8. The molecule has 6 nitrogen and oxygen atoms in total. The highest BCUT2D eigenvalue weighted by atomic mass is 35.5. The van der Waals surface area contributed by atoms with E-state index in [1.165, 1.54) is 6.20 Å². The number of nitrogens with zero attached hydrogens (tertiary/aromatic N) is 4. The first-order valence-corrected chi connectivity index (χ1v) is 7.65. The summed E-state index contributed by atoms with van der Waals surface area (Å²) in [4.78, 5) is 22.1. The molecule has 2 aromatic heterocycles. The number of halogens is 1. The Bertz CT molecular complexity index is 818. The van der Waals surface area contributed by atoms with Crippen LogP contribution in [0.5, 0.6) is 0 Å². The smallest absolute Gasteiger partial charge is 0.250 e. The first-order chi connectivity index (χ1) is 10.9. The molecule has 120 valence electrons. The standard InChI is InChI=1S/C16H18ClN5O/c1-16(2,22-9-11(17)8-18-22)15(23)21(3)10-14-19-12-6-4-5-7-13(12)20-14/h4-9H,10H2,1-3H3,(H,19,20). The summed E-state index contributed by atoms with van der Waals surface area (Å²) in [5, 5.41) is 4.65.